The summed E-state index contributed by atoms with van der Waals surface area (Å²) in [5.41, 5.74) is 1.22. The highest BCUT2D eigenvalue weighted by Gasteiger charge is 2.36. The molecule has 0 aromatic carbocycles. The molecule has 2 fully saturated rings. The van der Waals surface area contributed by atoms with Gasteiger partial charge in [-0.1, -0.05) is 13.3 Å². The second kappa shape index (κ2) is 5.98. The van der Waals surface area contributed by atoms with Crippen LogP contribution in [0.3, 0.4) is 0 Å². The van der Waals surface area contributed by atoms with Crippen LogP contribution in [0.25, 0.3) is 0 Å². The number of hydrogen-bond donors (Lipinski definition) is 1. The Bertz CT molecular complexity index is 460. The van der Waals surface area contributed by atoms with Gasteiger partial charge in [-0.05, 0) is 44.9 Å². The molecule has 4 nitrogen and oxygen atoms in total. The molecule has 110 valence electrons. The summed E-state index contributed by atoms with van der Waals surface area (Å²) in [4.78, 5) is 11.6. The molecule has 4 heteroatoms. The first-order valence-electron chi connectivity index (χ1n) is 8.13. The van der Waals surface area contributed by atoms with E-state index in [1.165, 1.54) is 37.7 Å². The third kappa shape index (κ3) is 2.48. The van der Waals surface area contributed by atoms with Crippen molar-refractivity contribution in [3.05, 3.63) is 11.9 Å². The van der Waals surface area contributed by atoms with E-state index in [0.29, 0.717) is 0 Å². The molecule has 1 N–H and O–H groups in total. The quantitative estimate of drug-likeness (QED) is 0.914. The summed E-state index contributed by atoms with van der Waals surface area (Å²) in [7, 11) is 0. The molecule has 1 aliphatic carbocycles. The summed E-state index contributed by atoms with van der Waals surface area (Å²) in [5.74, 6) is 3.07. The number of nitrogens with zero attached hydrogens (tertiary/aromatic N) is 3. The Morgan fingerprint density at radius 2 is 2.10 bits per heavy atom. The molecule has 0 spiro atoms. The first-order chi connectivity index (χ1) is 9.81. The number of anilines is 2. The van der Waals surface area contributed by atoms with Crippen molar-refractivity contribution in [2.24, 2.45) is 5.92 Å². The molecular weight excluding hydrogens is 248 g/mol. The van der Waals surface area contributed by atoms with Crippen LogP contribution in [0, 0.1) is 12.8 Å². The van der Waals surface area contributed by atoms with E-state index in [4.69, 9.17) is 0 Å². The fourth-order valence-electron chi connectivity index (χ4n) is 3.87. The minimum atomic E-state index is 0.719. The average Bonchev–Trinajstić information content (AvgIpc) is 2.95. The molecule has 2 unspecified atom stereocenters. The van der Waals surface area contributed by atoms with Crippen molar-refractivity contribution in [1.82, 2.24) is 9.97 Å². The standard InChI is InChI=1S/C16H26N4/c1-3-9-17-15-12(2)16(19-11-18-15)20-10-5-7-13-6-4-8-14(13)20/h11,13-14H,3-10H2,1-2H3,(H,17,18,19). The molecule has 2 aliphatic rings. The molecule has 3 rings (SSSR count). The zero-order valence-corrected chi connectivity index (χ0v) is 12.7. The van der Waals surface area contributed by atoms with Gasteiger partial charge in [0.2, 0.25) is 0 Å². The molecule has 1 aliphatic heterocycles. The van der Waals surface area contributed by atoms with Crippen LogP contribution in [0.15, 0.2) is 6.33 Å². The summed E-state index contributed by atoms with van der Waals surface area (Å²) in [6.45, 7) is 6.47. The van der Waals surface area contributed by atoms with Crippen molar-refractivity contribution in [1.29, 1.82) is 0 Å². The van der Waals surface area contributed by atoms with Crippen molar-refractivity contribution in [3.63, 3.8) is 0 Å². The maximum atomic E-state index is 4.61. The first-order valence-corrected chi connectivity index (χ1v) is 8.13. The molecular formula is C16H26N4. The largest absolute Gasteiger partial charge is 0.370 e. The molecule has 1 aromatic heterocycles. The molecule has 0 amide bonds. The van der Waals surface area contributed by atoms with Crippen LogP contribution in [-0.4, -0.2) is 29.1 Å². The molecule has 2 heterocycles. The Balaban J connectivity index is 1.85. The molecule has 1 saturated carbocycles. The van der Waals surface area contributed by atoms with Gasteiger partial charge >= 0.3 is 0 Å². The van der Waals surface area contributed by atoms with Crippen LogP contribution in [0.1, 0.15) is 51.0 Å². The highest BCUT2D eigenvalue weighted by atomic mass is 15.2. The predicted molar refractivity (Wildman–Crippen MR) is 83.3 cm³/mol. The topological polar surface area (TPSA) is 41.1 Å². The van der Waals surface area contributed by atoms with Crippen LogP contribution in [0.4, 0.5) is 11.6 Å². The van der Waals surface area contributed by atoms with Crippen LogP contribution < -0.4 is 10.2 Å². The second-order valence-electron chi connectivity index (χ2n) is 6.19. The fourth-order valence-corrected chi connectivity index (χ4v) is 3.87. The van der Waals surface area contributed by atoms with Gasteiger partial charge in [-0.3, -0.25) is 0 Å². The molecule has 0 bridgehead atoms. The number of piperidine rings is 1. The van der Waals surface area contributed by atoms with Crippen molar-refractivity contribution in [2.45, 2.75) is 58.4 Å². The van der Waals surface area contributed by atoms with Crippen molar-refractivity contribution < 1.29 is 0 Å². The van der Waals surface area contributed by atoms with Crippen molar-refractivity contribution in [2.75, 3.05) is 23.3 Å². The predicted octanol–water partition coefficient (Wildman–Crippen LogP) is 3.38. The van der Waals surface area contributed by atoms with Gasteiger partial charge in [-0.2, -0.15) is 0 Å². The molecule has 1 aromatic rings. The maximum absolute atomic E-state index is 4.61. The van der Waals surface area contributed by atoms with Crippen LogP contribution in [-0.2, 0) is 0 Å². The Morgan fingerprint density at radius 1 is 1.25 bits per heavy atom. The van der Waals surface area contributed by atoms with Gasteiger partial charge < -0.3 is 10.2 Å². The maximum Gasteiger partial charge on any atom is 0.137 e. The highest BCUT2D eigenvalue weighted by Crippen LogP contribution is 2.39. The zero-order chi connectivity index (χ0) is 13.9. The monoisotopic (exact) mass is 274 g/mol. The minimum Gasteiger partial charge on any atom is -0.370 e. The normalized spacial score (nSPS) is 25.6. The molecule has 20 heavy (non-hydrogen) atoms. The Morgan fingerprint density at radius 3 is 2.95 bits per heavy atom. The lowest BCUT2D eigenvalue weighted by atomic mass is 9.92. The summed E-state index contributed by atoms with van der Waals surface area (Å²) in [5, 5.41) is 3.42. The van der Waals surface area contributed by atoms with Gasteiger partial charge in [0.1, 0.15) is 18.0 Å². The number of aromatic nitrogens is 2. The minimum absolute atomic E-state index is 0.719. The number of rotatable bonds is 4. The Hall–Kier alpha value is -1.32. The second-order valence-corrected chi connectivity index (χ2v) is 6.19. The zero-order valence-electron chi connectivity index (χ0n) is 12.7. The highest BCUT2D eigenvalue weighted by molar-refractivity contribution is 5.58. The fraction of sp³-hybridized carbons (Fsp3) is 0.750. The van der Waals surface area contributed by atoms with E-state index in [-0.39, 0.29) is 0 Å². The number of hydrogen-bond acceptors (Lipinski definition) is 4. The van der Waals surface area contributed by atoms with Gasteiger partial charge in [0, 0.05) is 24.7 Å². The number of nitrogens with one attached hydrogen (secondary N) is 1. The lowest BCUT2D eigenvalue weighted by Crippen LogP contribution is -2.43. The van der Waals surface area contributed by atoms with Gasteiger partial charge in [0.15, 0.2) is 0 Å². The summed E-state index contributed by atoms with van der Waals surface area (Å²) < 4.78 is 0. The van der Waals surface area contributed by atoms with E-state index in [1.807, 2.05) is 0 Å². The average molecular weight is 274 g/mol. The van der Waals surface area contributed by atoms with Crippen LogP contribution in [0.5, 0.6) is 0 Å². The molecule has 2 atom stereocenters. The lowest BCUT2D eigenvalue weighted by Gasteiger charge is -2.39. The van der Waals surface area contributed by atoms with Crippen molar-refractivity contribution >= 4 is 11.6 Å². The van der Waals surface area contributed by atoms with Gasteiger partial charge in [0.05, 0.1) is 0 Å². The third-order valence-corrected chi connectivity index (χ3v) is 4.87. The molecule has 0 radical (unpaired) electrons. The van der Waals surface area contributed by atoms with Gasteiger partial charge in [0.25, 0.3) is 0 Å². The summed E-state index contributed by atoms with van der Waals surface area (Å²) in [6.07, 6.45) is 9.69. The molecule has 1 saturated heterocycles. The van der Waals surface area contributed by atoms with E-state index < -0.39 is 0 Å². The van der Waals surface area contributed by atoms with Gasteiger partial charge in [-0.25, -0.2) is 9.97 Å². The van der Waals surface area contributed by atoms with E-state index >= 15 is 0 Å². The Kier molecular flexibility index (Phi) is 4.08. The SMILES string of the molecule is CCCNc1ncnc(N2CCCC3CCCC32)c1C. The van der Waals surface area contributed by atoms with Crippen molar-refractivity contribution in [3.8, 4) is 0 Å². The van der Waals surface area contributed by atoms with E-state index in [0.717, 1.165) is 43.1 Å². The smallest absolute Gasteiger partial charge is 0.137 e. The van der Waals surface area contributed by atoms with Crippen LogP contribution in [0.2, 0.25) is 0 Å². The number of fused-ring (bicyclic) bond motifs is 1. The summed E-state index contributed by atoms with van der Waals surface area (Å²) >= 11 is 0. The Labute approximate surface area is 122 Å². The summed E-state index contributed by atoms with van der Waals surface area (Å²) in [6, 6.07) is 0.719. The lowest BCUT2D eigenvalue weighted by molar-refractivity contribution is 0.360. The van der Waals surface area contributed by atoms with E-state index in [1.54, 1.807) is 6.33 Å². The van der Waals surface area contributed by atoms with Crippen LogP contribution >= 0.6 is 0 Å². The van der Waals surface area contributed by atoms with Gasteiger partial charge in [-0.15, -0.1) is 0 Å². The van der Waals surface area contributed by atoms with E-state index in [9.17, 15) is 0 Å². The third-order valence-electron chi connectivity index (χ3n) is 4.87. The van der Waals surface area contributed by atoms with E-state index in [2.05, 4.69) is 34.0 Å². The first kappa shape index (κ1) is 13.7.